The number of imidazole rings is 2. The van der Waals surface area contributed by atoms with Gasteiger partial charge in [0.25, 0.3) is 0 Å². The zero-order valence-corrected chi connectivity index (χ0v) is 29.1. The van der Waals surface area contributed by atoms with Crippen LogP contribution < -0.4 is 10.6 Å². The number of aromatic nitrogens is 4. The first kappa shape index (κ1) is 35.2. The fourth-order valence-electron chi connectivity index (χ4n) is 7.56. The molecule has 2 aromatic heterocycles. The first-order chi connectivity index (χ1) is 23.0. The number of hydrogen-bond donors (Lipinski definition) is 4. The van der Waals surface area contributed by atoms with Crippen molar-refractivity contribution < 1.29 is 28.7 Å². The highest BCUT2D eigenvalue weighted by molar-refractivity contribution is 5.87. The van der Waals surface area contributed by atoms with Crippen LogP contribution in [0.4, 0.5) is 9.59 Å². The van der Waals surface area contributed by atoms with Gasteiger partial charge in [-0.15, -0.1) is 0 Å². The minimum absolute atomic E-state index is 0.0849. The van der Waals surface area contributed by atoms with Crippen molar-refractivity contribution in [2.24, 2.45) is 11.8 Å². The molecule has 0 bridgehead atoms. The number of methoxy groups -OCH3 is 2. The van der Waals surface area contributed by atoms with Gasteiger partial charge >= 0.3 is 12.2 Å². The van der Waals surface area contributed by atoms with E-state index in [0.717, 1.165) is 74.4 Å². The predicted molar refractivity (Wildman–Crippen MR) is 177 cm³/mol. The molecule has 0 spiro atoms. The number of H-pyrrole nitrogens is 2. The monoisotopic (exact) mass is 668 g/mol. The Hall–Kier alpha value is -4.10. The number of hydrogen-bond acceptors (Lipinski definition) is 8. The molecule has 2 aliphatic heterocycles. The first-order valence-electron chi connectivity index (χ1n) is 17.4. The molecule has 3 aliphatic rings. The third-order valence-corrected chi connectivity index (χ3v) is 10.3. The Balaban J connectivity index is 1.19. The molecular formula is C34H52N8O6. The van der Waals surface area contributed by atoms with E-state index in [4.69, 9.17) is 19.4 Å². The van der Waals surface area contributed by atoms with Crippen LogP contribution >= 0.6 is 0 Å². The van der Waals surface area contributed by atoms with E-state index < -0.39 is 24.3 Å². The van der Waals surface area contributed by atoms with Crippen molar-refractivity contribution >= 4 is 24.0 Å². The third kappa shape index (κ3) is 7.62. The molecule has 14 heteroatoms. The Morgan fingerprint density at radius 3 is 1.40 bits per heavy atom. The summed E-state index contributed by atoms with van der Waals surface area (Å²) in [6.07, 6.45) is 10.0. The zero-order valence-electron chi connectivity index (χ0n) is 29.1. The summed E-state index contributed by atoms with van der Waals surface area (Å²) >= 11 is 0. The molecule has 14 nitrogen and oxygen atoms in total. The van der Waals surface area contributed by atoms with Gasteiger partial charge in [-0.2, -0.15) is 0 Å². The van der Waals surface area contributed by atoms with E-state index >= 15 is 0 Å². The molecule has 48 heavy (non-hydrogen) atoms. The SMILES string of the molecule is COC(=O)N[C@@H](C(=O)N1CCC[C@@H]1c1ncc(C2CCC(c3cnc([C@H]4CCCN4C(=O)[C@H](NC(=O)OC)C(C)C)[nH]3)CC2)[nH]1)C(C)C. The highest BCUT2D eigenvalue weighted by Gasteiger charge is 2.39. The average Bonchev–Trinajstić information content (AvgIpc) is 3.90. The number of ether oxygens (including phenoxy) is 2. The summed E-state index contributed by atoms with van der Waals surface area (Å²) in [7, 11) is 2.59. The van der Waals surface area contributed by atoms with Crippen LogP contribution in [0.3, 0.4) is 0 Å². The maximum Gasteiger partial charge on any atom is 0.407 e. The second-order valence-corrected chi connectivity index (χ2v) is 14.1. The number of likely N-dealkylation sites (tertiary alicyclic amines) is 2. The molecule has 1 saturated carbocycles. The number of nitrogens with one attached hydrogen (secondary N) is 4. The molecule has 5 rings (SSSR count). The van der Waals surface area contributed by atoms with E-state index in [0.29, 0.717) is 24.9 Å². The van der Waals surface area contributed by atoms with E-state index in [1.54, 1.807) is 0 Å². The predicted octanol–water partition coefficient (Wildman–Crippen LogP) is 4.66. The van der Waals surface area contributed by atoms with Crippen molar-refractivity contribution in [2.75, 3.05) is 27.3 Å². The van der Waals surface area contributed by atoms with Gasteiger partial charge in [0, 0.05) is 48.7 Å². The van der Waals surface area contributed by atoms with Crippen molar-refractivity contribution in [3.63, 3.8) is 0 Å². The highest BCUT2D eigenvalue weighted by Crippen LogP contribution is 2.41. The van der Waals surface area contributed by atoms with Crippen LogP contribution in [0.1, 0.15) is 126 Å². The van der Waals surface area contributed by atoms with Crippen LogP contribution in [-0.4, -0.2) is 93.1 Å². The maximum atomic E-state index is 13.5. The molecule has 3 fully saturated rings. The van der Waals surface area contributed by atoms with E-state index in [2.05, 4.69) is 20.6 Å². The van der Waals surface area contributed by atoms with Crippen LogP contribution in [0.15, 0.2) is 12.4 Å². The molecule has 0 aromatic carbocycles. The second kappa shape index (κ2) is 15.4. The molecule has 4 N–H and O–H groups in total. The summed E-state index contributed by atoms with van der Waals surface area (Å²) in [6.45, 7) is 8.89. The van der Waals surface area contributed by atoms with Gasteiger partial charge in [0.2, 0.25) is 11.8 Å². The quantitative estimate of drug-likeness (QED) is 0.283. The van der Waals surface area contributed by atoms with Gasteiger partial charge in [-0.25, -0.2) is 19.6 Å². The Morgan fingerprint density at radius 1 is 0.688 bits per heavy atom. The van der Waals surface area contributed by atoms with Gasteiger partial charge in [0.1, 0.15) is 23.7 Å². The Morgan fingerprint density at radius 2 is 1.06 bits per heavy atom. The van der Waals surface area contributed by atoms with Crippen molar-refractivity contribution in [1.82, 2.24) is 40.4 Å². The van der Waals surface area contributed by atoms with Crippen LogP contribution in [0, 0.1) is 11.8 Å². The molecule has 4 atom stereocenters. The standard InChI is InChI=1S/C34H52N8O6/c1-19(2)27(39-33(45)47-5)31(43)41-15-7-9-25(41)29-35-17-23(37-29)21-11-13-22(14-12-21)24-18-36-30(38-24)26-10-8-16-42(26)32(44)28(20(3)4)40-34(46)48-6/h17-22,25-28H,7-16H2,1-6H3,(H,35,37)(H,36,38)(H,39,45)(H,40,46)/t21?,22?,25-,26-,27-,28-/m1/s1. The Bertz CT molecular complexity index is 1320. The Kier molecular flexibility index (Phi) is 11.3. The van der Waals surface area contributed by atoms with Gasteiger partial charge < -0.3 is 39.9 Å². The summed E-state index contributed by atoms with van der Waals surface area (Å²) in [5, 5.41) is 5.41. The van der Waals surface area contributed by atoms with Gasteiger partial charge in [-0.3, -0.25) is 9.59 Å². The highest BCUT2D eigenvalue weighted by atomic mass is 16.5. The van der Waals surface area contributed by atoms with Gasteiger partial charge in [-0.05, 0) is 63.2 Å². The fourth-order valence-corrected chi connectivity index (χ4v) is 7.56. The molecule has 4 heterocycles. The molecule has 0 radical (unpaired) electrons. The van der Waals surface area contributed by atoms with Crippen molar-refractivity contribution in [1.29, 1.82) is 0 Å². The average molecular weight is 669 g/mol. The fraction of sp³-hybridized carbons (Fsp3) is 0.706. The molecule has 2 aromatic rings. The lowest BCUT2D eigenvalue weighted by atomic mass is 9.79. The van der Waals surface area contributed by atoms with Gasteiger partial charge in [0.15, 0.2) is 0 Å². The molecular weight excluding hydrogens is 616 g/mol. The van der Waals surface area contributed by atoms with Crippen molar-refractivity contribution in [3.8, 4) is 0 Å². The summed E-state index contributed by atoms with van der Waals surface area (Å²) < 4.78 is 9.51. The number of alkyl carbamates (subject to hydrolysis) is 2. The smallest absolute Gasteiger partial charge is 0.407 e. The first-order valence-corrected chi connectivity index (χ1v) is 17.4. The minimum atomic E-state index is -0.663. The van der Waals surface area contributed by atoms with Crippen LogP contribution in [0.25, 0.3) is 0 Å². The lowest BCUT2D eigenvalue weighted by Crippen LogP contribution is -2.51. The number of aromatic amines is 2. The van der Waals surface area contributed by atoms with E-state index in [9.17, 15) is 19.2 Å². The van der Waals surface area contributed by atoms with E-state index in [1.807, 2.05) is 49.9 Å². The maximum absolute atomic E-state index is 13.5. The van der Waals surface area contributed by atoms with Gasteiger partial charge in [0.05, 0.1) is 26.3 Å². The van der Waals surface area contributed by atoms with Crippen molar-refractivity contribution in [3.05, 3.63) is 35.4 Å². The lowest BCUT2D eigenvalue weighted by molar-refractivity contribution is -0.136. The summed E-state index contributed by atoms with van der Waals surface area (Å²) in [6, 6.07) is -1.63. The van der Waals surface area contributed by atoms with Gasteiger partial charge in [-0.1, -0.05) is 27.7 Å². The molecule has 264 valence electrons. The number of amides is 4. The topological polar surface area (TPSA) is 175 Å². The summed E-state index contributed by atoms with van der Waals surface area (Å²) in [4.78, 5) is 71.1. The molecule has 1 aliphatic carbocycles. The minimum Gasteiger partial charge on any atom is -0.453 e. The Labute approximate surface area is 282 Å². The van der Waals surface area contributed by atoms with E-state index in [-0.39, 0.29) is 35.7 Å². The normalized spacial score (nSPS) is 24.1. The molecule has 4 amide bonds. The number of rotatable bonds is 10. The van der Waals surface area contributed by atoms with Crippen molar-refractivity contribution in [2.45, 2.75) is 115 Å². The number of carbonyl (C=O) groups is 4. The van der Waals surface area contributed by atoms with Crippen LogP contribution in [0.2, 0.25) is 0 Å². The lowest BCUT2D eigenvalue weighted by Gasteiger charge is -2.30. The van der Waals surface area contributed by atoms with Crippen LogP contribution in [0.5, 0.6) is 0 Å². The zero-order chi connectivity index (χ0) is 34.5. The third-order valence-electron chi connectivity index (χ3n) is 10.3. The van der Waals surface area contributed by atoms with E-state index in [1.165, 1.54) is 14.2 Å². The number of nitrogens with zero attached hydrogens (tertiary/aromatic N) is 4. The summed E-state index contributed by atoms with van der Waals surface area (Å²) in [5.74, 6) is 1.89. The molecule has 2 saturated heterocycles. The van der Waals surface area contributed by atoms with Crippen LogP contribution in [-0.2, 0) is 19.1 Å². The largest absolute Gasteiger partial charge is 0.453 e. The molecule has 0 unspecified atom stereocenters. The second-order valence-electron chi connectivity index (χ2n) is 14.1. The summed E-state index contributed by atoms with van der Waals surface area (Å²) in [5.41, 5.74) is 2.20. The number of carbonyl (C=O) groups excluding carboxylic acids is 4.